The summed E-state index contributed by atoms with van der Waals surface area (Å²) in [6, 6.07) is 13.4. The van der Waals surface area contributed by atoms with E-state index in [0.717, 1.165) is 15.9 Å². The number of hydrogen-bond acceptors (Lipinski definition) is 10. The summed E-state index contributed by atoms with van der Waals surface area (Å²) < 4.78 is 13.1. The number of nitrogens with zero attached hydrogens (tertiary/aromatic N) is 7. The first-order valence-electron chi connectivity index (χ1n) is 11.1. The molecule has 4 aromatic rings. The van der Waals surface area contributed by atoms with Gasteiger partial charge in [-0.05, 0) is 36.4 Å². The Bertz CT molecular complexity index is 1330. The third-order valence-electron chi connectivity index (χ3n) is 5.12. The number of hydrogen-bond donors (Lipinski definition) is 1. The van der Waals surface area contributed by atoms with Gasteiger partial charge in [0.05, 0.1) is 29.1 Å². The van der Waals surface area contributed by atoms with Crippen LogP contribution >= 0.6 is 11.3 Å². The summed E-state index contributed by atoms with van der Waals surface area (Å²) in [5.74, 6) is -0.191. The Hall–Kier alpha value is -4.00. The second-order valence-electron chi connectivity index (χ2n) is 7.52. The van der Waals surface area contributed by atoms with Crippen molar-refractivity contribution in [3.05, 3.63) is 61.4 Å². The highest BCUT2D eigenvalue weighted by molar-refractivity contribution is 7.20. The molecule has 0 fully saturated rings. The average molecular weight is 507 g/mol. The van der Waals surface area contributed by atoms with Gasteiger partial charge in [0, 0.05) is 33.0 Å². The van der Waals surface area contributed by atoms with Crippen molar-refractivity contribution in [2.75, 3.05) is 50.7 Å². The van der Waals surface area contributed by atoms with E-state index < -0.39 is 0 Å². The molecule has 2 aromatic heterocycles. The molecule has 12 heteroatoms. The summed E-state index contributed by atoms with van der Waals surface area (Å²) in [7, 11) is 3.31. The van der Waals surface area contributed by atoms with Crippen LogP contribution in [0.15, 0.2) is 71.7 Å². The first-order chi connectivity index (χ1) is 17.6. The number of carbonyl (C=O) groups is 1. The normalized spacial score (nSPS) is 11.3. The number of carbonyl (C=O) groups excluding carboxylic acids is 1. The zero-order valence-electron chi connectivity index (χ0n) is 20.0. The number of aromatic nitrogens is 4. The van der Waals surface area contributed by atoms with Crippen molar-refractivity contribution < 1.29 is 14.3 Å². The van der Waals surface area contributed by atoms with Crippen LogP contribution in [-0.2, 0) is 14.3 Å². The summed E-state index contributed by atoms with van der Waals surface area (Å²) in [6.07, 6.45) is 2.74. The van der Waals surface area contributed by atoms with Crippen LogP contribution < -0.4 is 10.2 Å². The molecule has 186 valence electrons. The maximum atomic E-state index is 12.1. The molecular formula is C24H26N8O3S. The number of nitrogens with one attached hydrogen (secondary N) is 1. The molecule has 0 atom stereocenters. The number of para-hydroxylation sites is 1. The van der Waals surface area contributed by atoms with Crippen molar-refractivity contribution in [1.29, 1.82) is 0 Å². The van der Waals surface area contributed by atoms with E-state index in [1.165, 1.54) is 17.4 Å². The highest BCUT2D eigenvalue weighted by Gasteiger charge is 2.13. The van der Waals surface area contributed by atoms with Gasteiger partial charge >= 0.3 is 0 Å². The number of fused-ring (bicyclic) bond motifs is 1. The van der Waals surface area contributed by atoms with E-state index >= 15 is 0 Å². The van der Waals surface area contributed by atoms with E-state index in [9.17, 15) is 4.79 Å². The van der Waals surface area contributed by atoms with Crippen molar-refractivity contribution >= 4 is 50.5 Å². The second kappa shape index (κ2) is 12.1. The molecule has 0 saturated heterocycles. The maximum absolute atomic E-state index is 12.1. The number of ether oxygens (including phenoxy) is 2. The second-order valence-corrected chi connectivity index (χ2v) is 8.53. The van der Waals surface area contributed by atoms with Crippen LogP contribution in [0.4, 0.5) is 23.0 Å². The molecule has 0 unspecified atom stereocenters. The average Bonchev–Trinajstić information content (AvgIpc) is 3.55. The molecule has 2 aromatic carbocycles. The lowest BCUT2D eigenvalue weighted by Gasteiger charge is -2.25. The van der Waals surface area contributed by atoms with E-state index in [1.54, 1.807) is 31.3 Å². The molecule has 36 heavy (non-hydrogen) atoms. The van der Waals surface area contributed by atoms with Crippen LogP contribution in [0.1, 0.15) is 0 Å². The van der Waals surface area contributed by atoms with Gasteiger partial charge in [-0.2, -0.15) is 9.67 Å². The van der Waals surface area contributed by atoms with Crippen molar-refractivity contribution in [2.24, 2.45) is 10.2 Å². The van der Waals surface area contributed by atoms with Gasteiger partial charge in [0.15, 0.2) is 0 Å². The standard InChI is InChI=1S/C24H26N8O3S/c1-4-22(33)26-20-15-17(31(11-13-34-2)12-14-35-3)9-10-18(20)28-29-23-25-16-32(30-23)24-27-19-7-5-6-8-21(19)36-24/h4-10,15-16H,1,11-14H2,2-3H3,(H,26,33). The quantitative estimate of drug-likeness (QED) is 0.222. The summed E-state index contributed by atoms with van der Waals surface area (Å²) in [5.41, 5.74) is 2.69. The third-order valence-corrected chi connectivity index (χ3v) is 6.15. The molecule has 0 aliphatic rings. The third kappa shape index (κ3) is 6.16. The summed E-state index contributed by atoms with van der Waals surface area (Å²) in [4.78, 5) is 23.0. The van der Waals surface area contributed by atoms with Gasteiger partial charge in [-0.25, -0.2) is 4.98 Å². The van der Waals surface area contributed by atoms with E-state index in [-0.39, 0.29) is 11.9 Å². The molecule has 2 heterocycles. The first kappa shape index (κ1) is 25.1. The number of amides is 1. The molecule has 0 aliphatic carbocycles. The Morgan fingerprint density at radius 1 is 1.17 bits per heavy atom. The lowest BCUT2D eigenvalue weighted by atomic mass is 10.2. The SMILES string of the molecule is C=CC(=O)Nc1cc(N(CCOC)CCOC)ccc1N=Nc1ncn(-c2nc3ccccc3s2)n1. The van der Waals surface area contributed by atoms with E-state index in [2.05, 4.69) is 42.1 Å². The first-order valence-corrected chi connectivity index (χ1v) is 11.9. The van der Waals surface area contributed by atoms with Gasteiger partial charge < -0.3 is 19.7 Å². The van der Waals surface area contributed by atoms with Crippen molar-refractivity contribution in [3.63, 3.8) is 0 Å². The van der Waals surface area contributed by atoms with E-state index in [4.69, 9.17) is 9.47 Å². The van der Waals surface area contributed by atoms with Gasteiger partial charge in [0.25, 0.3) is 5.95 Å². The predicted octanol–water partition coefficient (Wildman–Crippen LogP) is 4.52. The number of azo groups is 1. The fraction of sp³-hybridized carbons (Fsp3) is 0.250. The topological polar surface area (TPSA) is 119 Å². The monoisotopic (exact) mass is 506 g/mol. The van der Waals surface area contributed by atoms with Crippen molar-refractivity contribution in [3.8, 4) is 5.13 Å². The minimum absolute atomic E-state index is 0.168. The Morgan fingerprint density at radius 3 is 2.67 bits per heavy atom. The highest BCUT2D eigenvalue weighted by atomic mass is 32.1. The Labute approximate surface area is 212 Å². The zero-order valence-corrected chi connectivity index (χ0v) is 20.8. The number of methoxy groups -OCH3 is 2. The fourth-order valence-electron chi connectivity index (χ4n) is 3.31. The minimum Gasteiger partial charge on any atom is -0.383 e. The van der Waals surface area contributed by atoms with Crippen LogP contribution in [0.3, 0.4) is 0 Å². The Morgan fingerprint density at radius 2 is 1.94 bits per heavy atom. The lowest BCUT2D eigenvalue weighted by Crippen LogP contribution is -2.30. The molecule has 11 nitrogen and oxygen atoms in total. The Kier molecular flexibility index (Phi) is 8.44. The Balaban J connectivity index is 1.58. The molecule has 0 spiro atoms. The number of rotatable bonds is 12. The van der Waals surface area contributed by atoms with Crippen molar-refractivity contribution in [2.45, 2.75) is 0 Å². The predicted molar refractivity (Wildman–Crippen MR) is 140 cm³/mol. The molecule has 4 rings (SSSR count). The van der Waals surface area contributed by atoms with Gasteiger partial charge in [-0.1, -0.05) is 30.0 Å². The highest BCUT2D eigenvalue weighted by Crippen LogP contribution is 2.31. The molecule has 1 amide bonds. The number of thiazole rings is 1. The largest absolute Gasteiger partial charge is 0.383 e. The van der Waals surface area contributed by atoms with Crippen LogP contribution in [0.25, 0.3) is 15.3 Å². The molecule has 0 bridgehead atoms. The van der Waals surface area contributed by atoms with E-state index in [0.29, 0.717) is 42.8 Å². The smallest absolute Gasteiger partial charge is 0.287 e. The van der Waals surface area contributed by atoms with E-state index in [1.807, 2.05) is 36.4 Å². The molecular weight excluding hydrogens is 480 g/mol. The maximum Gasteiger partial charge on any atom is 0.287 e. The molecule has 0 aliphatic heterocycles. The van der Waals surface area contributed by atoms with Gasteiger partial charge in [-0.3, -0.25) is 4.79 Å². The molecule has 0 saturated carbocycles. The summed E-state index contributed by atoms with van der Waals surface area (Å²) in [5, 5.41) is 16.3. The van der Waals surface area contributed by atoms with Crippen LogP contribution in [-0.4, -0.2) is 66.2 Å². The zero-order chi connectivity index (χ0) is 25.3. The fourth-order valence-corrected chi connectivity index (χ4v) is 4.20. The van der Waals surface area contributed by atoms with Gasteiger partial charge in [-0.15, -0.1) is 15.3 Å². The molecule has 0 radical (unpaired) electrons. The van der Waals surface area contributed by atoms with Gasteiger partial charge in [0.1, 0.15) is 12.0 Å². The van der Waals surface area contributed by atoms with Gasteiger partial charge in [0.2, 0.25) is 11.0 Å². The van der Waals surface area contributed by atoms with Crippen LogP contribution in [0, 0.1) is 0 Å². The molecule has 1 N–H and O–H groups in total. The number of benzene rings is 2. The van der Waals surface area contributed by atoms with Crippen molar-refractivity contribution in [1.82, 2.24) is 19.7 Å². The number of anilines is 2. The minimum atomic E-state index is -0.359. The summed E-state index contributed by atoms with van der Waals surface area (Å²) >= 11 is 1.50. The lowest BCUT2D eigenvalue weighted by molar-refractivity contribution is -0.111. The van der Waals surface area contributed by atoms with Crippen LogP contribution in [0.5, 0.6) is 0 Å². The van der Waals surface area contributed by atoms with Crippen LogP contribution in [0.2, 0.25) is 0 Å². The summed E-state index contributed by atoms with van der Waals surface area (Å²) in [6.45, 7) is 5.93.